The zero-order valence-electron chi connectivity index (χ0n) is 7.11. The van der Waals surface area contributed by atoms with E-state index in [2.05, 4.69) is 15.0 Å². The van der Waals surface area contributed by atoms with Crippen molar-refractivity contribution in [1.29, 1.82) is 0 Å². The summed E-state index contributed by atoms with van der Waals surface area (Å²) < 4.78 is -3.56. The van der Waals surface area contributed by atoms with Gasteiger partial charge in [0.25, 0.3) is 0 Å². The number of rotatable bonds is 0. The summed E-state index contributed by atoms with van der Waals surface area (Å²) in [5.41, 5.74) is 0. The monoisotopic (exact) mass is 327 g/mol. The molecule has 1 aromatic heterocycles. The number of hydrogen-bond donors (Lipinski definition) is 0. The van der Waals surface area contributed by atoms with Crippen molar-refractivity contribution in [2.24, 2.45) is 0 Å². The highest BCUT2D eigenvalue weighted by molar-refractivity contribution is 6.67. The van der Waals surface area contributed by atoms with Crippen LogP contribution in [0.25, 0.3) is 0 Å². The first-order valence-corrected chi connectivity index (χ1v) is 5.74. The maximum atomic E-state index is 5.60. The summed E-state index contributed by atoms with van der Waals surface area (Å²) in [4.78, 5) is 11.4. The molecule has 0 saturated heterocycles. The van der Waals surface area contributed by atoms with E-state index in [1.54, 1.807) is 6.92 Å². The molecular formula is C6H3Cl6N3. The maximum absolute atomic E-state index is 5.60. The Morgan fingerprint density at radius 1 is 0.733 bits per heavy atom. The Bertz CT molecular complexity index is 336. The highest BCUT2D eigenvalue weighted by atomic mass is 35.6. The Balaban J connectivity index is 3.30. The smallest absolute Gasteiger partial charge is 0.214 e. The second-order valence-electron chi connectivity index (χ2n) is 2.53. The average Bonchev–Trinajstić information content (AvgIpc) is 1.99. The van der Waals surface area contributed by atoms with Gasteiger partial charge in [-0.3, -0.25) is 0 Å². The third-order valence-corrected chi connectivity index (χ3v) is 2.27. The molecule has 0 spiro atoms. The molecule has 15 heavy (non-hydrogen) atoms. The molecule has 0 radical (unpaired) electrons. The molecule has 0 unspecified atom stereocenters. The van der Waals surface area contributed by atoms with Gasteiger partial charge in [0.1, 0.15) is 5.82 Å². The summed E-state index contributed by atoms with van der Waals surface area (Å²) in [7, 11) is 0. The number of aromatic nitrogens is 3. The molecule has 0 aliphatic heterocycles. The Labute approximate surface area is 116 Å². The second kappa shape index (κ2) is 4.55. The first kappa shape index (κ1) is 13.8. The molecule has 0 amide bonds. The molecule has 1 heterocycles. The third kappa shape index (κ3) is 3.91. The average molecular weight is 330 g/mol. The summed E-state index contributed by atoms with van der Waals surface area (Å²) >= 11 is 33.6. The fourth-order valence-corrected chi connectivity index (χ4v) is 1.24. The van der Waals surface area contributed by atoms with E-state index in [1.807, 2.05) is 0 Å². The van der Waals surface area contributed by atoms with Gasteiger partial charge in [0.05, 0.1) is 0 Å². The van der Waals surface area contributed by atoms with Gasteiger partial charge in [-0.05, 0) is 6.92 Å². The first-order chi connectivity index (χ1) is 6.60. The van der Waals surface area contributed by atoms with Crippen LogP contribution in [-0.4, -0.2) is 15.0 Å². The van der Waals surface area contributed by atoms with E-state index in [1.165, 1.54) is 0 Å². The number of halogens is 6. The van der Waals surface area contributed by atoms with E-state index in [-0.39, 0.29) is 11.6 Å². The molecular weight excluding hydrogens is 327 g/mol. The number of alkyl halides is 6. The fourth-order valence-electron chi connectivity index (χ4n) is 0.735. The second-order valence-corrected chi connectivity index (χ2v) is 7.09. The molecule has 9 heteroatoms. The van der Waals surface area contributed by atoms with Crippen LogP contribution in [-0.2, 0) is 7.59 Å². The third-order valence-electron chi connectivity index (χ3n) is 1.25. The van der Waals surface area contributed by atoms with Crippen LogP contribution in [0.2, 0.25) is 0 Å². The van der Waals surface area contributed by atoms with Gasteiger partial charge in [-0.25, -0.2) is 15.0 Å². The van der Waals surface area contributed by atoms with Crippen molar-refractivity contribution in [1.82, 2.24) is 15.0 Å². The van der Waals surface area contributed by atoms with Crippen molar-refractivity contribution in [3.63, 3.8) is 0 Å². The van der Waals surface area contributed by atoms with Crippen molar-refractivity contribution < 1.29 is 0 Å². The summed E-state index contributed by atoms with van der Waals surface area (Å²) in [5, 5.41) is 0. The zero-order valence-corrected chi connectivity index (χ0v) is 11.6. The predicted molar refractivity (Wildman–Crippen MR) is 63.0 cm³/mol. The van der Waals surface area contributed by atoms with Crippen molar-refractivity contribution in [3.05, 3.63) is 17.5 Å². The lowest BCUT2D eigenvalue weighted by Crippen LogP contribution is -2.16. The number of aryl methyl sites for hydroxylation is 1. The van der Waals surface area contributed by atoms with Gasteiger partial charge >= 0.3 is 0 Å². The molecule has 1 aromatic rings. The van der Waals surface area contributed by atoms with Crippen LogP contribution in [0, 0.1) is 6.92 Å². The number of nitrogens with zero attached hydrogens (tertiary/aromatic N) is 3. The van der Waals surface area contributed by atoms with Crippen LogP contribution < -0.4 is 0 Å². The molecule has 3 nitrogen and oxygen atoms in total. The topological polar surface area (TPSA) is 38.7 Å². The quantitative estimate of drug-likeness (QED) is 0.679. The highest BCUT2D eigenvalue weighted by Crippen LogP contribution is 2.39. The van der Waals surface area contributed by atoms with Crippen molar-refractivity contribution in [2.75, 3.05) is 0 Å². The molecule has 0 saturated carbocycles. The van der Waals surface area contributed by atoms with Gasteiger partial charge in [0, 0.05) is 0 Å². The molecule has 0 N–H and O–H groups in total. The van der Waals surface area contributed by atoms with Crippen LogP contribution in [0.1, 0.15) is 17.5 Å². The summed E-state index contributed by atoms with van der Waals surface area (Å²) in [6.07, 6.45) is 0. The highest BCUT2D eigenvalue weighted by Gasteiger charge is 2.33. The molecule has 0 bridgehead atoms. The summed E-state index contributed by atoms with van der Waals surface area (Å²) in [6.45, 7) is 1.57. The lowest BCUT2D eigenvalue weighted by Gasteiger charge is -2.14. The largest absolute Gasteiger partial charge is 0.250 e. The predicted octanol–water partition coefficient (Wildman–Crippen LogP) is 3.83. The molecule has 0 aliphatic rings. The molecule has 84 valence electrons. The van der Waals surface area contributed by atoms with E-state index >= 15 is 0 Å². The van der Waals surface area contributed by atoms with Gasteiger partial charge in [-0.15, -0.1) is 0 Å². The lowest BCUT2D eigenvalue weighted by atomic mass is 10.5. The van der Waals surface area contributed by atoms with Gasteiger partial charge in [0.15, 0.2) is 11.6 Å². The van der Waals surface area contributed by atoms with Crippen LogP contribution >= 0.6 is 69.6 Å². The van der Waals surface area contributed by atoms with E-state index in [0.717, 1.165) is 0 Å². The minimum Gasteiger partial charge on any atom is -0.214 e. The SMILES string of the molecule is Cc1nc(C(Cl)(Cl)Cl)nc(C(Cl)(Cl)Cl)n1. The molecule has 0 aromatic carbocycles. The van der Waals surface area contributed by atoms with Crippen LogP contribution in [0.15, 0.2) is 0 Å². The normalized spacial score (nSPS) is 13.0. The Morgan fingerprint density at radius 3 is 1.33 bits per heavy atom. The zero-order chi connectivity index (χ0) is 11.9. The van der Waals surface area contributed by atoms with Crippen molar-refractivity contribution in [2.45, 2.75) is 14.5 Å². The lowest BCUT2D eigenvalue weighted by molar-refractivity contribution is 0.813. The first-order valence-electron chi connectivity index (χ1n) is 3.48. The molecule has 0 fully saturated rings. The molecule has 0 atom stereocenters. The summed E-state index contributed by atoms with van der Waals surface area (Å²) in [6, 6.07) is 0. The van der Waals surface area contributed by atoms with Crippen LogP contribution in [0.3, 0.4) is 0 Å². The van der Waals surface area contributed by atoms with Gasteiger partial charge in [-0.1, -0.05) is 69.6 Å². The van der Waals surface area contributed by atoms with Gasteiger partial charge in [0.2, 0.25) is 7.59 Å². The fraction of sp³-hybridized carbons (Fsp3) is 0.500. The minimum absolute atomic E-state index is 0.0821. The maximum Gasteiger partial charge on any atom is 0.250 e. The van der Waals surface area contributed by atoms with E-state index in [9.17, 15) is 0 Å². The standard InChI is InChI=1S/C6H3Cl6N3/c1-2-13-3(5(7,8)9)15-4(14-2)6(10,11)12/h1H3. The van der Waals surface area contributed by atoms with Crippen LogP contribution in [0.5, 0.6) is 0 Å². The van der Waals surface area contributed by atoms with Gasteiger partial charge in [-0.2, -0.15) is 0 Å². The van der Waals surface area contributed by atoms with E-state index < -0.39 is 7.59 Å². The molecule has 1 rings (SSSR count). The van der Waals surface area contributed by atoms with E-state index in [0.29, 0.717) is 5.82 Å². The Hall–Kier alpha value is 0.750. The summed E-state index contributed by atoms with van der Waals surface area (Å²) in [5.74, 6) is 0.135. The van der Waals surface area contributed by atoms with Gasteiger partial charge < -0.3 is 0 Å². The molecule has 0 aliphatic carbocycles. The number of hydrogen-bond acceptors (Lipinski definition) is 3. The van der Waals surface area contributed by atoms with Crippen molar-refractivity contribution in [3.8, 4) is 0 Å². The Kier molecular flexibility index (Phi) is 4.19. The van der Waals surface area contributed by atoms with E-state index in [4.69, 9.17) is 69.6 Å². The van der Waals surface area contributed by atoms with Crippen LogP contribution in [0.4, 0.5) is 0 Å². The Morgan fingerprint density at radius 2 is 1.07 bits per heavy atom. The minimum atomic E-state index is -1.78. The van der Waals surface area contributed by atoms with Crippen molar-refractivity contribution >= 4 is 69.6 Å².